The molecule has 0 fully saturated rings. The number of ether oxygens (including phenoxy) is 2. The molecule has 0 aromatic heterocycles. The minimum absolute atomic E-state index is 0.0742. The summed E-state index contributed by atoms with van der Waals surface area (Å²) >= 11 is 0. The van der Waals surface area contributed by atoms with Gasteiger partial charge in [0.05, 0.1) is 6.61 Å². The van der Waals surface area contributed by atoms with Gasteiger partial charge in [-0.3, -0.25) is 0 Å². The molecule has 0 unspecified atom stereocenters. The Morgan fingerprint density at radius 3 is 2.48 bits per heavy atom. The summed E-state index contributed by atoms with van der Waals surface area (Å²) in [6, 6.07) is 15.9. The van der Waals surface area contributed by atoms with Crippen LogP contribution in [0.5, 0.6) is 11.5 Å². The zero-order valence-electron chi connectivity index (χ0n) is 13.9. The van der Waals surface area contributed by atoms with Crippen molar-refractivity contribution in [3.05, 3.63) is 71.8 Å². The zero-order valence-corrected chi connectivity index (χ0v) is 13.9. The summed E-state index contributed by atoms with van der Waals surface area (Å²) in [7, 11) is 0. The van der Waals surface area contributed by atoms with Crippen LogP contribution in [-0.2, 0) is 6.61 Å². The molecule has 0 amide bonds. The van der Waals surface area contributed by atoms with E-state index in [1.807, 2.05) is 62.4 Å². The normalized spacial score (nSPS) is 11.8. The van der Waals surface area contributed by atoms with Crippen LogP contribution in [0.1, 0.15) is 37.4 Å². The molecular formula is C20H25NO2. The Labute approximate surface area is 138 Å². The van der Waals surface area contributed by atoms with E-state index in [1.165, 1.54) is 0 Å². The number of nitrogens with two attached hydrogens (primary N) is 1. The molecule has 0 radical (unpaired) electrons. The first-order valence-electron chi connectivity index (χ1n) is 7.93. The minimum Gasteiger partial charge on any atom is -0.490 e. The van der Waals surface area contributed by atoms with Gasteiger partial charge >= 0.3 is 0 Å². The van der Waals surface area contributed by atoms with Crippen LogP contribution in [0.2, 0.25) is 0 Å². The molecule has 0 aliphatic carbocycles. The second kappa shape index (κ2) is 8.39. The van der Waals surface area contributed by atoms with Crippen molar-refractivity contribution in [2.75, 3.05) is 6.61 Å². The van der Waals surface area contributed by atoms with Gasteiger partial charge < -0.3 is 15.2 Å². The Morgan fingerprint density at radius 2 is 1.83 bits per heavy atom. The van der Waals surface area contributed by atoms with Gasteiger partial charge in [0, 0.05) is 6.04 Å². The summed E-state index contributed by atoms with van der Waals surface area (Å²) in [6.07, 6.45) is 0.760. The van der Waals surface area contributed by atoms with Crippen LogP contribution < -0.4 is 15.2 Å². The van der Waals surface area contributed by atoms with Crippen LogP contribution in [0.25, 0.3) is 0 Å². The average Bonchev–Trinajstić information content (AvgIpc) is 2.54. The van der Waals surface area contributed by atoms with Crippen molar-refractivity contribution < 1.29 is 9.47 Å². The summed E-state index contributed by atoms with van der Waals surface area (Å²) in [5, 5.41) is 0. The van der Waals surface area contributed by atoms with Crippen LogP contribution in [0.4, 0.5) is 0 Å². The van der Waals surface area contributed by atoms with Gasteiger partial charge in [0.1, 0.15) is 6.61 Å². The standard InChI is InChI=1S/C20H25NO2/c1-4-22-20-13-17(18(21)12-15(2)3)10-11-19(20)23-14-16-8-6-5-7-9-16/h5-11,13,18H,2,4,12,14,21H2,1,3H3/t18-/m0/s1. The summed E-state index contributed by atoms with van der Waals surface area (Å²) in [4.78, 5) is 0. The van der Waals surface area contributed by atoms with Crippen LogP contribution >= 0.6 is 0 Å². The van der Waals surface area contributed by atoms with Crippen molar-refractivity contribution in [2.24, 2.45) is 5.73 Å². The van der Waals surface area contributed by atoms with E-state index < -0.39 is 0 Å². The second-order valence-corrected chi connectivity index (χ2v) is 5.68. The lowest BCUT2D eigenvalue weighted by atomic mass is 10.0. The lowest BCUT2D eigenvalue weighted by molar-refractivity contribution is 0.269. The highest BCUT2D eigenvalue weighted by molar-refractivity contribution is 5.44. The molecule has 0 aliphatic rings. The van der Waals surface area contributed by atoms with Crippen molar-refractivity contribution in [1.29, 1.82) is 0 Å². The van der Waals surface area contributed by atoms with Crippen molar-refractivity contribution in [3.63, 3.8) is 0 Å². The molecule has 2 aromatic carbocycles. The Hall–Kier alpha value is -2.26. The minimum atomic E-state index is -0.0742. The molecule has 3 heteroatoms. The number of hydrogen-bond acceptors (Lipinski definition) is 3. The largest absolute Gasteiger partial charge is 0.490 e. The Kier molecular flexibility index (Phi) is 6.24. The SMILES string of the molecule is C=C(C)C[C@H](N)c1ccc(OCc2ccccc2)c(OCC)c1. The number of benzene rings is 2. The molecule has 0 aliphatic heterocycles. The first-order chi connectivity index (χ1) is 11.1. The van der Waals surface area contributed by atoms with Crippen LogP contribution in [0.3, 0.4) is 0 Å². The van der Waals surface area contributed by atoms with Gasteiger partial charge in [-0.15, -0.1) is 6.58 Å². The Balaban J connectivity index is 2.14. The maximum atomic E-state index is 6.22. The van der Waals surface area contributed by atoms with Gasteiger partial charge in [0.2, 0.25) is 0 Å². The molecular weight excluding hydrogens is 286 g/mol. The van der Waals surface area contributed by atoms with Gasteiger partial charge in [-0.1, -0.05) is 42.0 Å². The first kappa shape index (κ1) is 17.1. The van der Waals surface area contributed by atoms with E-state index in [0.29, 0.717) is 13.2 Å². The molecule has 2 rings (SSSR count). The lowest BCUT2D eigenvalue weighted by Gasteiger charge is -2.17. The van der Waals surface area contributed by atoms with Crippen molar-refractivity contribution in [1.82, 2.24) is 0 Å². The van der Waals surface area contributed by atoms with E-state index in [1.54, 1.807) is 0 Å². The molecule has 0 saturated heterocycles. The molecule has 2 N–H and O–H groups in total. The third-order valence-corrected chi connectivity index (χ3v) is 3.50. The summed E-state index contributed by atoms with van der Waals surface area (Å²) in [6.45, 7) is 8.97. The Morgan fingerprint density at radius 1 is 1.09 bits per heavy atom. The van der Waals surface area contributed by atoms with E-state index in [0.717, 1.165) is 34.6 Å². The predicted octanol–water partition coefficient (Wildman–Crippen LogP) is 4.63. The molecule has 23 heavy (non-hydrogen) atoms. The highest BCUT2D eigenvalue weighted by Gasteiger charge is 2.12. The van der Waals surface area contributed by atoms with Gasteiger partial charge in [0.25, 0.3) is 0 Å². The molecule has 1 atom stereocenters. The molecule has 122 valence electrons. The third-order valence-electron chi connectivity index (χ3n) is 3.50. The monoisotopic (exact) mass is 311 g/mol. The van der Waals surface area contributed by atoms with Crippen molar-refractivity contribution in [3.8, 4) is 11.5 Å². The summed E-state index contributed by atoms with van der Waals surface area (Å²) in [5.41, 5.74) is 9.44. The molecule has 0 bridgehead atoms. The molecule has 2 aromatic rings. The van der Waals surface area contributed by atoms with E-state index in [-0.39, 0.29) is 6.04 Å². The number of rotatable bonds is 8. The zero-order chi connectivity index (χ0) is 16.7. The van der Waals surface area contributed by atoms with Gasteiger partial charge in [0.15, 0.2) is 11.5 Å². The van der Waals surface area contributed by atoms with E-state index in [9.17, 15) is 0 Å². The van der Waals surface area contributed by atoms with Crippen molar-refractivity contribution in [2.45, 2.75) is 32.9 Å². The second-order valence-electron chi connectivity index (χ2n) is 5.68. The van der Waals surface area contributed by atoms with E-state index >= 15 is 0 Å². The molecule has 0 spiro atoms. The molecule has 3 nitrogen and oxygen atoms in total. The van der Waals surface area contributed by atoms with Gasteiger partial charge in [-0.2, -0.15) is 0 Å². The fraction of sp³-hybridized carbons (Fsp3) is 0.300. The highest BCUT2D eigenvalue weighted by atomic mass is 16.5. The van der Waals surface area contributed by atoms with Crippen LogP contribution in [0, 0.1) is 0 Å². The fourth-order valence-corrected chi connectivity index (χ4v) is 2.37. The fourth-order valence-electron chi connectivity index (χ4n) is 2.37. The Bertz CT molecular complexity index is 637. The maximum Gasteiger partial charge on any atom is 0.161 e. The average molecular weight is 311 g/mol. The van der Waals surface area contributed by atoms with Crippen molar-refractivity contribution >= 4 is 0 Å². The smallest absolute Gasteiger partial charge is 0.161 e. The summed E-state index contributed by atoms with van der Waals surface area (Å²) < 4.78 is 11.6. The highest BCUT2D eigenvalue weighted by Crippen LogP contribution is 2.32. The quantitative estimate of drug-likeness (QED) is 0.723. The topological polar surface area (TPSA) is 44.5 Å². The first-order valence-corrected chi connectivity index (χ1v) is 7.93. The van der Waals surface area contributed by atoms with Gasteiger partial charge in [-0.05, 0) is 43.5 Å². The van der Waals surface area contributed by atoms with Gasteiger partial charge in [-0.25, -0.2) is 0 Å². The van der Waals surface area contributed by atoms with Crippen LogP contribution in [-0.4, -0.2) is 6.61 Å². The maximum absolute atomic E-state index is 6.22. The predicted molar refractivity (Wildman–Crippen MR) is 94.7 cm³/mol. The van der Waals surface area contributed by atoms with Crippen LogP contribution in [0.15, 0.2) is 60.7 Å². The van der Waals surface area contributed by atoms with E-state index in [2.05, 4.69) is 6.58 Å². The summed E-state index contributed by atoms with van der Waals surface area (Å²) in [5.74, 6) is 1.47. The third kappa shape index (κ3) is 5.15. The number of hydrogen-bond donors (Lipinski definition) is 1. The van der Waals surface area contributed by atoms with E-state index in [4.69, 9.17) is 15.2 Å². The molecule has 0 heterocycles. The molecule has 0 saturated carbocycles. The lowest BCUT2D eigenvalue weighted by Crippen LogP contribution is -2.11.